The van der Waals surface area contributed by atoms with Crippen LogP contribution in [0.4, 0.5) is 0 Å². The van der Waals surface area contributed by atoms with E-state index in [0.29, 0.717) is 5.56 Å². The molecule has 0 radical (unpaired) electrons. The molecule has 1 aliphatic heterocycles. The highest BCUT2D eigenvalue weighted by Gasteiger charge is 2.45. The van der Waals surface area contributed by atoms with Gasteiger partial charge in [-0.15, -0.1) is 0 Å². The Balaban J connectivity index is 2.49. The first-order chi connectivity index (χ1) is 8.63. The molecule has 106 valence electrons. The average Bonchev–Trinajstić information content (AvgIpc) is 2.52. The molecule has 0 spiro atoms. The number of hydrogen-bond donors (Lipinski definition) is 1. The fourth-order valence-electron chi connectivity index (χ4n) is 2.37. The Hall–Kier alpha value is -0.920. The molecule has 0 amide bonds. The third-order valence-corrected chi connectivity index (χ3v) is 7.58. The normalized spacial score (nSPS) is 26.5. The topological polar surface area (TPSA) is 88.5 Å². The van der Waals surface area contributed by atoms with Crippen molar-refractivity contribution < 1.29 is 21.9 Å². The molecule has 1 N–H and O–H groups in total. The van der Waals surface area contributed by atoms with Crippen LogP contribution in [0.5, 0.6) is 0 Å². The Morgan fingerprint density at radius 2 is 1.84 bits per heavy atom. The minimum absolute atomic E-state index is 0.0965. The lowest BCUT2D eigenvalue weighted by molar-refractivity contribution is 0.204. The zero-order valence-corrected chi connectivity index (χ0v) is 12.3. The van der Waals surface area contributed by atoms with Crippen LogP contribution >= 0.6 is 0 Å². The van der Waals surface area contributed by atoms with E-state index >= 15 is 0 Å². The first-order valence-electron chi connectivity index (χ1n) is 5.83. The van der Waals surface area contributed by atoms with Gasteiger partial charge in [0.15, 0.2) is 19.7 Å². The fraction of sp³-hybridized carbons (Fsp3) is 0.500. The molecule has 0 saturated carbocycles. The molecule has 1 aliphatic rings. The van der Waals surface area contributed by atoms with Crippen LogP contribution in [0.25, 0.3) is 0 Å². The summed E-state index contributed by atoms with van der Waals surface area (Å²) in [5, 5.41) is 8.44. The van der Waals surface area contributed by atoms with Crippen molar-refractivity contribution in [1.82, 2.24) is 0 Å². The molecule has 1 aromatic rings. The van der Waals surface area contributed by atoms with Crippen LogP contribution in [0.2, 0.25) is 0 Å². The molecular weight excluding hydrogens is 288 g/mol. The van der Waals surface area contributed by atoms with Crippen molar-refractivity contribution in [3.63, 3.8) is 0 Å². The largest absolute Gasteiger partial charge is 0.391 e. The summed E-state index contributed by atoms with van der Waals surface area (Å²) in [7, 11) is -7.32. The van der Waals surface area contributed by atoms with E-state index in [1.807, 2.05) is 6.92 Å². The molecule has 7 heteroatoms. The van der Waals surface area contributed by atoms with Crippen LogP contribution in [0, 0.1) is 13.8 Å². The van der Waals surface area contributed by atoms with E-state index in [2.05, 4.69) is 0 Å². The Morgan fingerprint density at radius 1 is 1.21 bits per heavy atom. The van der Waals surface area contributed by atoms with Gasteiger partial charge in [0.2, 0.25) is 0 Å². The maximum absolute atomic E-state index is 12.4. The second-order valence-electron chi connectivity index (χ2n) is 5.00. The Kier molecular flexibility index (Phi) is 3.49. The van der Waals surface area contributed by atoms with Gasteiger partial charge < -0.3 is 5.11 Å². The van der Waals surface area contributed by atoms with E-state index < -0.39 is 42.5 Å². The SMILES string of the molecule is Cc1ccc(S(=O)(=O)[C@H]2CS(=O)(=O)C[C@@H]2O)c(C)c1. The van der Waals surface area contributed by atoms with Crippen LogP contribution in [-0.2, 0) is 19.7 Å². The van der Waals surface area contributed by atoms with Crippen LogP contribution in [0.3, 0.4) is 0 Å². The highest BCUT2D eigenvalue weighted by molar-refractivity contribution is 7.96. The van der Waals surface area contributed by atoms with Crippen LogP contribution in [-0.4, -0.2) is 44.8 Å². The van der Waals surface area contributed by atoms with Crippen molar-refractivity contribution >= 4 is 19.7 Å². The van der Waals surface area contributed by atoms with Crippen molar-refractivity contribution in [2.45, 2.75) is 30.1 Å². The summed E-state index contributed by atoms with van der Waals surface area (Å²) in [6, 6.07) is 4.86. The summed E-state index contributed by atoms with van der Waals surface area (Å²) in [6.45, 7) is 3.51. The molecule has 0 unspecified atom stereocenters. The Labute approximate surface area is 113 Å². The summed E-state index contributed by atoms with van der Waals surface area (Å²) < 4.78 is 47.8. The van der Waals surface area contributed by atoms with E-state index in [0.717, 1.165) is 5.56 Å². The summed E-state index contributed by atoms with van der Waals surface area (Å²) in [4.78, 5) is 0.0965. The van der Waals surface area contributed by atoms with Crippen LogP contribution in [0.1, 0.15) is 11.1 Å². The molecule has 0 aliphatic carbocycles. The van der Waals surface area contributed by atoms with E-state index in [1.54, 1.807) is 19.1 Å². The van der Waals surface area contributed by atoms with Gasteiger partial charge in [-0.05, 0) is 25.5 Å². The van der Waals surface area contributed by atoms with Gasteiger partial charge in [0, 0.05) is 0 Å². The Morgan fingerprint density at radius 3 is 2.32 bits per heavy atom. The minimum Gasteiger partial charge on any atom is -0.391 e. The standard InChI is InChI=1S/C12H16O5S2/c1-8-3-4-11(9(2)5-8)19(16,17)12-7-18(14,15)6-10(12)13/h3-5,10,12-13H,6-7H2,1-2H3/t10-,12-/m0/s1. The van der Waals surface area contributed by atoms with E-state index in [1.165, 1.54) is 6.07 Å². The van der Waals surface area contributed by atoms with Gasteiger partial charge in [-0.2, -0.15) is 0 Å². The third kappa shape index (κ3) is 2.68. The lowest BCUT2D eigenvalue weighted by Gasteiger charge is -2.16. The summed E-state index contributed by atoms with van der Waals surface area (Å²) >= 11 is 0. The van der Waals surface area contributed by atoms with Crippen molar-refractivity contribution in [1.29, 1.82) is 0 Å². The van der Waals surface area contributed by atoms with Crippen molar-refractivity contribution in [3.05, 3.63) is 29.3 Å². The molecular formula is C12H16O5S2. The Bertz CT molecular complexity index is 704. The molecule has 19 heavy (non-hydrogen) atoms. The summed E-state index contributed by atoms with van der Waals surface area (Å²) in [6.07, 6.45) is -1.35. The second-order valence-corrected chi connectivity index (χ2v) is 9.29. The van der Waals surface area contributed by atoms with Gasteiger partial charge in [-0.3, -0.25) is 0 Å². The van der Waals surface area contributed by atoms with Gasteiger partial charge >= 0.3 is 0 Å². The number of benzene rings is 1. The number of aliphatic hydroxyl groups excluding tert-OH is 1. The predicted molar refractivity (Wildman–Crippen MR) is 71.6 cm³/mol. The second kappa shape index (κ2) is 4.57. The van der Waals surface area contributed by atoms with E-state index in [-0.39, 0.29) is 4.90 Å². The van der Waals surface area contributed by atoms with Gasteiger partial charge in [0.05, 0.1) is 22.5 Å². The smallest absolute Gasteiger partial charge is 0.185 e. The maximum atomic E-state index is 12.4. The predicted octanol–water partition coefficient (Wildman–Crippen LogP) is 0.235. The molecule has 2 rings (SSSR count). The summed E-state index contributed by atoms with van der Waals surface area (Å²) in [5.41, 5.74) is 1.49. The average molecular weight is 304 g/mol. The number of aryl methyl sites for hydroxylation is 2. The highest BCUT2D eigenvalue weighted by atomic mass is 32.2. The molecule has 5 nitrogen and oxygen atoms in total. The zero-order chi connectivity index (χ0) is 14.4. The number of hydrogen-bond acceptors (Lipinski definition) is 5. The fourth-order valence-corrected chi connectivity index (χ4v) is 7.05. The number of aliphatic hydroxyl groups is 1. The first kappa shape index (κ1) is 14.5. The zero-order valence-electron chi connectivity index (χ0n) is 10.7. The monoisotopic (exact) mass is 304 g/mol. The maximum Gasteiger partial charge on any atom is 0.185 e. The van der Waals surface area contributed by atoms with Gasteiger partial charge in [0.25, 0.3) is 0 Å². The molecule has 1 aromatic carbocycles. The molecule has 0 aromatic heterocycles. The van der Waals surface area contributed by atoms with Gasteiger partial charge in [-0.25, -0.2) is 16.8 Å². The van der Waals surface area contributed by atoms with Crippen molar-refractivity contribution in [2.24, 2.45) is 0 Å². The number of rotatable bonds is 2. The van der Waals surface area contributed by atoms with E-state index in [9.17, 15) is 21.9 Å². The number of sulfone groups is 2. The molecule has 1 saturated heterocycles. The summed E-state index contributed by atoms with van der Waals surface area (Å²) in [5.74, 6) is -0.994. The van der Waals surface area contributed by atoms with Crippen molar-refractivity contribution in [3.8, 4) is 0 Å². The van der Waals surface area contributed by atoms with Crippen LogP contribution in [0.15, 0.2) is 23.1 Å². The molecule has 1 heterocycles. The van der Waals surface area contributed by atoms with Crippen molar-refractivity contribution in [2.75, 3.05) is 11.5 Å². The third-order valence-electron chi connectivity index (χ3n) is 3.31. The lowest BCUT2D eigenvalue weighted by Crippen LogP contribution is -2.33. The van der Waals surface area contributed by atoms with E-state index in [4.69, 9.17) is 0 Å². The quantitative estimate of drug-likeness (QED) is 0.845. The molecule has 2 atom stereocenters. The van der Waals surface area contributed by atoms with Gasteiger partial charge in [-0.1, -0.05) is 17.7 Å². The highest BCUT2D eigenvalue weighted by Crippen LogP contribution is 2.28. The van der Waals surface area contributed by atoms with Gasteiger partial charge in [0.1, 0.15) is 5.25 Å². The molecule has 1 fully saturated rings. The minimum atomic E-state index is -3.84. The first-order valence-corrected chi connectivity index (χ1v) is 9.20. The van der Waals surface area contributed by atoms with Crippen LogP contribution < -0.4 is 0 Å². The molecule has 0 bridgehead atoms. The lowest BCUT2D eigenvalue weighted by atomic mass is 10.2.